The smallest absolute Gasteiger partial charge is 0.339 e. The minimum atomic E-state index is -5.87. The number of alkyl halides is 5. The topological polar surface area (TPSA) is 46.3 Å². The van der Waals surface area contributed by atoms with Gasteiger partial charge in [0.2, 0.25) is 0 Å². The SMILES string of the molecule is CN(CCN)C(=O)C(F)(F)C(F)(F)F. The molecule has 0 spiro atoms. The summed E-state index contributed by atoms with van der Waals surface area (Å²) in [7, 11) is 0.828. The summed E-state index contributed by atoms with van der Waals surface area (Å²) in [6, 6.07) is 0. The van der Waals surface area contributed by atoms with Crippen LogP contribution in [0.1, 0.15) is 0 Å². The first kappa shape index (κ1) is 13.1. The van der Waals surface area contributed by atoms with E-state index >= 15 is 0 Å². The molecule has 0 aromatic rings. The van der Waals surface area contributed by atoms with Gasteiger partial charge in [0.05, 0.1) is 0 Å². The summed E-state index contributed by atoms with van der Waals surface area (Å²) < 4.78 is 59.6. The van der Waals surface area contributed by atoms with E-state index in [0.29, 0.717) is 0 Å². The second-order valence-electron chi connectivity index (χ2n) is 2.59. The average Bonchev–Trinajstić information content (AvgIpc) is 2.01. The number of halogens is 5. The van der Waals surface area contributed by atoms with Crippen molar-refractivity contribution in [2.75, 3.05) is 20.1 Å². The Hall–Kier alpha value is -0.920. The largest absolute Gasteiger partial charge is 0.463 e. The number of likely N-dealkylation sites (N-methyl/N-ethyl adjacent to an activating group) is 1. The van der Waals surface area contributed by atoms with E-state index in [-0.39, 0.29) is 18.0 Å². The molecule has 0 aliphatic rings. The summed E-state index contributed by atoms with van der Waals surface area (Å²) in [5.41, 5.74) is 4.90. The molecule has 84 valence electrons. The molecule has 0 aliphatic carbocycles. The van der Waals surface area contributed by atoms with Gasteiger partial charge in [-0.3, -0.25) is 4.79 Å². The third-order valence-electron chi connectivity index (χ3n) is 1.44. The number of hydrogen-bond donors (Lipinski definition) is 1. The average molecular weight is 220 g/mol. The van der Waals surface area contributed by atoms with Gasteiger partial charge in [0, 0.05) is 20.1 Å². The van der Waals surface area contributed by atoms with Crippen molar-refractivity contribution in [2.45, 2.75) is 12.1 Å². The lowest BCUT2D eigenvalue weighted by Crippen LogP contribution is -2.51. The first-order chi connectivity index (χ1) is 6.14. The van der Waals surface area contributed by atoms with E-state index in [0.717, 1.165) is 7.05 Å². The van der Waals surface area contributed by atoms with Crippen molar-refractivity contribution in [1.29, 1.82) is 0 Å². The van der Waals surface area contributed by atoms with Crippen molar-refractivity contribution in [2.24, 2.45) is 5.73 Å². The Morgan fingerprint density at radius 1 is 1.29 bits per heavy atom. The molecule has 0 bridgehead atoms. The molecule has 0 fully saturated rings. The van der Waals surface area contributed by atoms with Gasteiger partial charge in [-0.2, -0.15) is 22.0 Å². The van der Waals surface area contributed by atoms with Crippen LogP contribution in [0, 0.1) is 0 Å². The molecule has 0 heterocycles. The van der Waals surface area contributed by atoms with Crippen LogP contribution in [0.4, 0.5) is 22.0 Å². The van der Waals surface area contributed by atoms with Crippen LogP contribution in [-0.4, -0.2) is 43.0 Å². The molecule has 0 aromatic carbocycles. The molecule has 0 atom stereocenters. The minimum absolute atomic E-state index is 0.184. The lowest BCUT2D eigenvalue weighted by atomic mass is 10.3. The molecule has 0 aliphatic heterocycles. The van der Waals surface area contributed by atoms with Gasteiger partial charge >= 0.3 is 18.0 Å². The molecule has 0 saturated heterocycles. The Kier molecular flexibility index (Phi) is 3.81. The lowest BCUT2D eigenvalue weighted by Gasteiger charge is -2.24. The number of amides is 1. The summed E-state index contributed by atoms with van der Waals surface area (Å²) in [5, 5.41) is 0. The second kappa shape index (κ2) is 4.07. The van der Waals surface area contributed by atoms with Crippen molar-refractivity contribution in [1.82, 2.24) is 4.90 Å². The van der Waals surface area contributed by atoms with Crippen molar-refractivity contribution in [3.63, 3.8) is 0 Å². The molecule has 8 heteroatoms. The minimum Gasteiger partial charge on any atom is -0.339 e. The zero-order valence-corrected chi connectivity index (χ0v) is 7.24. The van der Waals surface area contributed by atoms with Crippen LogP contribution < -0.4 is 5.73 Å². The molecule has 3 nitrogen and oxygen atoms in total. The number of rotatable bonds is 3. The third kappa shape index (κ3) is 2.53. The van der Waals surface area contributed by atoms with Gasteiger partial charge in [0.15, 0.2) is 0 Å². The van der Waals surface area contributed by atoms with Gasteiger partial charge in [-0.25, -0.2) is 0 Å². The zero-order chi connectivity index (χ0) is 11.6. The Morgan fingerprint density at radius 2 is 1.71 bits per heavy atom. The molecule has 14 heavy (non-hydrogen) atoms. The lowest BCUT2D eigenvalue weighted by molar-refractivity contribution is -0.273. The predicted molar refractivity (Wildman–Crippen MR) is 37.7 cm³/mol. The summed E-state index contributed by atoms with van der Waals surface area (Å²) in [4.78, 5) is 10.8. The molecular weight excluding hydrogens is 211 g/mol. The van der Waals surface area contributed by atoms with Crippen LogP contribution in [0.2, 0.25) is 0 Å². The molecule has 0 radical (unpaired) electrons. The van der Waals surface area contributed by atoms with E-state index in [4.69, 9.17) is 5.73 Å². The second-order valence-corrected chi connectivity index (χ2v) is 2.59. The maximum absolute atomic E-state index is 12.3. The van der Waals surface area contributed by atoms with Crippen LogP contribution in [-0.2, 0) is 4.79 Å². The zero-order valence-electron chi connectivity index (χ0n) is 7.24. The molecule has 2 N–H and O–H groups in total. The van der Waals surface area contributed by atoms with Crippen LogP contribution in [0.25, 0.3) is 0 Å². The van der Waals surface area contributed by atoms with E-state index in [9.17, 15) is 26.7 Å². The van der Waals surface area contributed by atoms with Crippen molar-refractivity contribution in [3.8, 4) is 0 Å². The summed E-state index contributed by atoms with van der Waals surface area (Å²) >= 11 is 0. The van der Waals surface area contributed by atoms with E-state index in [1.165, 1.54) is 0 Å². The highest BCUT2D eigenvalue weighted by molar-refractivity contribution is 5.84. The Balaban J connectivity index is 4.67. The van der Waals surface area contributed by atoms with Crippen LogP contribution in [0.5, 0.6) is 0 Å². The number of nitrogens with two attached hydrogens (primary N) is 1. The first-order valence-electron chi connectivity index (χ1n) is 3.54. The Morgan fingerprint density at radius 3 is 2.00 bits per heavy atom. The van der Waals surface area contributed by atoms with Crippen LogP contribution in [0.15, 0.2) is 0 Å². The number of hydrogen-bond acceptors (Lipinski definition) is 2. The maximum Gasteiger partial charge on any atom is 0.463 e. The summed E-state index contributed by atoms with van der Waals surface area (Å²) in [5.74, 6) is -7.65. The monoisotopic (exact) mass is 220 g/mol. The van der Waals surface area contributed by atoms with Gasteiger partial charge in [-0.05, 0) is 0 Å². The predicted octanol–water partition coefficient (Wildman–Crippen LogP) is 0.601. The number of carbonyl (C=O) groups excluding carboxylic acids is 1. The third-order valence-corrected chi connectivity index (χ3v) is 1.44. The molecule has 1 amide bonds. The van der Waals surface area contributed by atoms with E-state index in [1.807, 2.05) is 0 Å². The van der Waals surface area contributed by atoms with Gasteiger partial charge in [-0.15, -0.1) is 0 Å². The van der Waals surface area contributed by atoms with E-state index in [2.05, 4.69) is 0 Å². The van der Waals surface area contributed by atoms with Crippen LogP contribution in [0.3, 0.4) is 0 Å². The van der Waals surface area contributed by atoms with Gasteiger partial charge in [0.1, 0.15) is 0 Å². The quantitative estimate of drug-likeness (QED) is 0.708. The normalized spacial score (nSPS) is 12.8. The highest BCUT2D eigenvalue weighted by atomic mass is 19.4. The molecule has 0 rings (SSSR count). The maximum atomic E-state index is 12.3. The fourth-order valence-corrected chi connectivity index (χ4v) is 0.656. The standard InChI is InChI=1S/C6H9F5N2O/c1-13(3-2-12)4(14)5(7,8)6(9,10)11/h2-3,12H2,1H3. The molecule has 0 aromatic heterocycles. The Bertz CT molecular complexity index is 215. The van der Waals surface area contributed by atoms with E-state index in [1.54, 1.807) is 0 Å². The molecule has 0 unspecified atom stereocenters. The molecule has 0 saturated carbocycles. The molecular formula is C6H9F5N2O. The van der Waals surface area contributed by atoms with Crippen molar-refractivity contribution >= 4 is 5.91 Å². The fraction of sp³-hybridized carbons (Fsp3) is 0.833. The fourth-order valence-electron chi connectivity index (χ4n) is 0.656. The van der Waals surface area contributed by atoms with Crippen molar-refractivity contribution in [3.05, 3.63) is 0 Å². The summed E-state index contributed by atoms with van der Waals surface area (Å²) in [6.45, 7) is -0.541. The van der Waals surface area contributed by atoms with Gasteiger partial charge in [0.25, 0.3) is 0 Å². The number of nitrogens with zero attached hydrogens (tertiary/aromatic N) is 1. The van der Waals surface area contributed by atoms with E-state index < -0.39 is 18.0 Å². The number of carbonyl (C=O) groups is 1. The highest BCUT2D eigenvalue weighted by Crippen LogP contribution is 2.36. The first-order valence-corrected chi connectivity index (χ1v) is 3.54. The Labute approximate surface area is 76.7 Å². The van der Waals surface area contributed by atoms with Gasteiger partial charge in [-0.1, -0.05) is 0 Å². The highest BCUT2D eigenvalue weighted by Gasteiger charge is 2.64. The van der Waals surface area contributed by atoms with Gasteiger partial charge < -0.3 is 10.6 Å². The van der Waals surface area contributed by atoms with Crippen molar-refractivity contribution < 1.29 is 26.7 Å². The summed E-state index contributed by atoms with van der Waals surface area (Å²) in [6.07, 6.45) is -5.87. The van der Waals surface area contributed by atoms with Crippen LogP contribution >= 0.6 is 0 Å².